The smallest absolute Gasteiger partial charge is 0.271 e. The fourth-order valence-electron chi connectivity index (χ4n) is 1.89. The summed E-state index contributed by atoms with van der Waals surface area (Å²) in [7, 11) is 0. The summed E-state index contributed by atoms with van der Waals surface area (Å²) in [6.45, 7) is 1.73. The number of aryl methyl sites for hydroxylation is 1. The number of non-ortho nitro benzene ring substituents is 1. The molecule has 2 aromatic rings. The first-order chi connectivity index (χ1) is 10.9. The summed E-state index contributed by atoms with van der Waals surface area (Å²) < 4.78 is 0.519. The van der Waals surface area contributed by atoms with E-state index in [1.165, 1.54) is 23.5 Å². The van der Waals surface area contributed by atoms with Gasteiger partial charge in [0.1, 0.15) is 0 Å². The molecule has 0 aliphatic rings. The summed E-state index contributed by atoms with van der Waals surface area (Å²) in [5.41, 5.74) is 0.978. The van der Waals surface area contributed by atoms with E-state index in [1.54, 1.807) is 25.1 Å². The van der Waals surface area contributed by atoms with E-state index >= 15 is 0 Å². The lowest BCUT2D eigenvalue weighted by atomic mass is 10.1. The number of carbonyl (C=O) groups excluding carboxylic acids is 2. The van der Waals surface area contributed by atoms with Crippen LogP contribution in [0, 0.1) is 17.0 Å². The highest BCUT2D eigenvalue weighted by Gasteiger charge is 2.14. The molecule has 0 spiro atoms. The molecular formula is C15H13ClN2O4S. The third-order valence-corrected chi connectivity index (χ3v) is 4.41. The number of anilines is 1. The van der Waals surface area contributed by atoms with E-state index in [2.05, 4.69) is 5.32 Å². The molecule has 23 heavy (non-hydrogen) atoms. The molecule has 0 bridgehead atoms. The molecule has 0 aliphatic heterocycles. The van der Waals surface area contributed by atoms with Crippen molar-refractivity contribution in [1.29, 1.82) is 0 Å². The van der Waals surface area contributed by atoms with Crippen LogP contribution in [0.1, 0.15) is 28.1 Å². The second-order valence-electron chi connectivity index (χ2n) is 4.83. The summed E-state index contributed by atoms with van der Waals surface area (Å²) in [4.78, 5) is 34.6. The molecule has 2 rings (SSSR count). The number of halogens is 1. The van der Waals surface area contributed by atoms with E-state index in [0.29, 0.717) is 20.5 Å². The molecule has 1 heterocycles. The Morgan fingerprint density at radius 3 is 2.61 bits per heavy atom. The number of nitro benzene ring substituents is 1. The van der Waals surface area contributed by atoms with Gasteiger partial charge in [-0.05, 0) is 24.6 Å². The van der Waals surface area contributed by atoms with Crippen LogP contribution in [0.4, 0.5) is 11.4 Å². The average Bonchev–Trinajstić information content (AvgIpc) is 2.93. The topological polar surface area (TPSA) is 89.3 Å². The van der Waals surface area contributed by atoms with Crippen molar-refractivity contribution >= 4 is 46.0 Å². The van der Waals surface area contributed by atoms with Crippen LogP contribution in [0.2, 0.25) is 4.34 Å². The van der Waals surface area contributed by atoms with Gasteiger partial charge in [0.15, 0.2) is 5.78 Å². The van der Waals surface area contributed by atoms with Crippen molar-refractivity contribution in [3.8, 4) is 0 Å². The largest absolute Gasteiger partial charge is 0.326 e. The van der Waals surface area contributed by atoms with Gasteiger partial charge in [-0.2, -0.15) is 0 Å². The number of hydrogen-bond acceptors (Lipinski definition) is 5. The van der Waals surface area contributed by atoms with E-state index in [0.717, 1.165) is 0 Å². The van der Waals surface area contributed by atoms with E-state index < -0.39 is 4.92 Å². The Balaban J connectivity index is 1.96. The number of Topliss-reactive ketones (excluding diaryl/α,β-unsaturated/α-hetero) is 1. The maximum atomic E-state index is 11.9. The lowest BCUT2D eigenvalue weighted by Gasteiger charge is -2.07. The number of ketones is 1. The molecule has 0 atom stereocenters. The Bertz CT molecular complexity index is 773. The van der Waals surface area contributed by atoms with Gasteiger partial charge in [-0.3, -0.25) is 19.7 Å². The van der Waals surface area contributed by atoms with Crippen molar-refractivity contribution < 1.29 is 14.5 Å². The summed E-state index contributed by atoms with van der Waals surface area (Å²) in [6.07, 6.45) is 0.0487. The van der Waals surface area contributed by atoms with Crippen LogP contribution in [-0.2, 0) is 4.79 Å². The monoisotopic (exact) mass is 352 g/mol. The molecule has 1 aromatic carbocycles. The standard InChI is InChI=1S/C15H13ClN2O4S/c1-9-2-3-10(18(21)22)8-11(9)17-15(20)7-4-12(19)13-5-6-14(16)23-13/h2-3,5-6,8H,4,7H2,1H3,(H,17,20). The van der Waals surface area contributed by atoms with Gasteiger partial charge in [0.05, 0.1) is 19.8 Å². The zero-order valence-electron chi connectivity index (χ0n) is 12.2. The third kappa shape index (κ3) is 4.61. The average molecular weight is 353 g/mol. The zero-order chi connectivity index (χ0) is 17.0. The number of thiophene rings is 1. The minimum Gasteiger partial charge on any atom is -0.326 e. The molecule has 1 aromatic heterocycles. The van der Waals surface area contributed by atoms with Gasteiger partial charge in [0.2, 0.25) is 5.91 Å². The number of hydrogen-bond donors (Lipinski definition) is 1. The fourth-order valence-corrected chi connectivity index (χ4v) is 2.90. The van der Waals surface area contributed by atoms with Gasteiger partial charge in [0, 0.05) is 25.0 Å². The van der Waals surface area contributed by atoms with Gasteiger partial charge in [-0.25, -0.2) is 0 Å². The summed E-state index contributed by atoms with van der Waals surface area (Å²) in [5, 5.41) is 13.4. The van der Waals surface area contributed by atoms with Crippen LogP contribution in [0.15, 0.2) is 30.3 Å². The Kier molecular flexibility index (Phi) is 5.46. The zero-order valence-corrected chi connectivity index (χ0v) is 13.7. The molecule has 0 saturated carbocycles. The molecule has 0 unspecified atom stereocenters. The van der Waals surface area contributed by atoms with Crippen molar-refractivity contribution in [2.45, 2.75) is 19.8 Å². The number of benzene rings is 1. The molecular weight excluding hydrogens is 340 g/mol. The summed E-state index contributed by atoms with van der Waals surface area (Å²) >= 11 is 6.93. The second-order valence-corrected chi connectivity index (χ2v) is 6.55. The number of nitro groups is 1. The van der Waals surface area contributed by atoms with Gasteiger partial charge in [0.25, 0.3) is 5.69 Å². The first kappa shape index (κ1) is 17.1. The predicted molar refractivity (Wildman–Crippen MR) is 89.4 cm³/mol. The van der Waals surface area contributed by atoms with Crippen molar-refractivity contribution in [3.05, 3.63) is 55.2 Å². The van der Waals surface area contributed by atoms with Crippen LogP contribution in [0.3, 0.4) is 0 Å². The number of rotatable bonds is 6. The van der Waals surface area contributed by atoms with Crippen molar-refractivity contribution in [3.63, 3.8) is 0 Å². The first-order valence-corrected chi connectivity index (χ1v) is 7.89. The Labute approximate surface area is 141 Å². The highest BCUT2D eigenvalue weighted by atomic mass is 35.5. The molecule has 0 saturated heterocycles. The van der Waals surface area contributed by atoms with E-state index in [9.17, 15) is 19.7 Å². The molecule has 0 radical (unpaired) electrons. The Hall–Kier alpha value is -2.25. The molecule has 1 amide bonds. The molecule has 0 aliphatic carbocycles. The number of carbonyl (C=O) groups is 2. The SMILES string of the molecule is Cc1ccc([N+](=O)[O-])cc1NC(=O)CCC(=O)c1ccc(Cl)s1. The van der Waals surface area contributed by atoms with E-state index in [-0.39, 0.29) is 30.2 Å². The van der Waals surface area contributed by atoms with E-state index in [1.807, 2.05) is 0 Å². The van der Waals surface area contributed by atoms with E-state index in [4.69, 9.17) is 11.6 Å². The van der Waals surface area contributed by atoms with Gasteiger partial charge in [-0.15, -0.1) is 11.3 Å². The molecule has 120 valence electrons. The maximum absolute atomic E-state index is 11.9. The summed E-state index contributed by atoms with van der Waals surface area (Å²) in [6, 6.07) is 7.49. The van der Waals surface area contributed by atoms with Crippen LogP contribution >= 0.6 is 22.9 Å². The summed E-state index contributed by atoms with van der Waals surface area (Å²) in [5.74, 6) is -0.530. The van der Waals surface area contributed by atoms with Crippen molar-refractivity contribution in [2.75, 3.05) is 5.32 Å². The minimum atomic E-state index is -0.529. The first-order valence-electron chi connectivity index (χ1n) is 6.70. The maximum Gasteiger partial charge on any atom is 0.271 e. The van der Waals surface area contributed by atoms with Crippen molar-refractivity contribution in [1.82, 2.24) is 0 Å². The highest BCUT2D eigenvalue weighted by molar-refractivity contribution is 7.18. The number of nitrogens with zero attached hydrogens (tertiary/aromatic N) is 1. The van der Waals surface area contributed by atoms with Crippen molar-refractivity contribution in [2.24, 2.45) is 0 Å². The Morgan fingerprint density at radius 1 is 1.26 bits per heavy atom. The number of nitrogens with one attached hydrogen (secondary N) is 1. The fraction of sp³-hybridized carbons (Fsp3) is 0.200. The molecule has 6 nitrogen and oxygen atoms in total. The normalized spacial score (nSPS) is 10.3. The molecule has 8 heteroatoms. The quantitative estimate of drug-likeness (QED) is 0.479. The van der Waals surface area contributed by atoms with Crippen LogP contribution in [0.5, 0.6) is 0 Å². The highest BCUT2D eigenvalue weighted by Crippen LogP contribution is 2.24. The second kappa shape index (κ2) is 7.34. The van der Waals surface area contributed by atoms with Gasteiger partial charge in [-0.1, -0.05) is 17.7 Å². The Morgan fingerprint density at radius 2 is 2.00 bits per heavy atom. The minimum absolute atomic E-state index is 0.00349. The van der Waals surface area contributed by atoms with Crippen LogP contribution in [-0.4, -0.2) is 16.6 Å². The number of amides is 1. The third-order valence-electron chi connectivity index (χ3n) is 3.13. The van der Waals surface area contributed by atoms with Crippen LogP contribution < -0.4 is 5.32 Å². The van der Waals surface area contributed by atoms with Crippen LogP contribution in [0.25, 0.3) is 0 Å². The lowest BCUT2D eigenvalue weighted by Crippen LogP contribution is -2.14. The lowest BCUT2D eigenvalue weighted by molar-refractivity contribution is -0.384. The molecule has 0 fully saturated rings. The molecule has 1 N–H and O–H groups in total. The van der Waals surface area contributed by atoms with Gasteiger partial charge < -0.3 is 5.32 Å². The predicted octanol–water partition coefficient (Wildman–Crippen LogP) is 4.22. The van der Waals surface area contributed by atoms with Gasteiger partial charge >= 0.3 is 0 Å².